The van der Waals surface area contributed by atoms with Gasteiger partial charge in [0, 0.05) is 18.0 Å². The van der Waals surface area contributed by atoms with Crippen molar-refractivity contribution in [2.45, 2.75) is 13.3 Å². The van der Waals surface area contributed by atoms with Crippen LogP contribution in [0, 0.1) is 12.7 Å². The number of benzene rings is 1. The molecule has 1 N–H and O–H groups in total. The molecule has 15 heavy (non-hydrogen) atoms. The number of aryl methyl sites for hydroxylation is 1. The maximum Gasteiger partial charge on any atom is 0.251 e. The van der Waals surface area contributed by atoms with Crippen molar-refractivity contribution in [3.63, 3.8) is 0 Å². The summed E-state index contributed by atoms with van der Waals surface area (Å²) in [6.45, 7) is 2.29. The summed E-state index contributed by atoms with van der Waals surface area (Å²) in [5, 5.41) is 2.68. The van der Waals surface area contributed by atoms with E-state index in [0.717, 1.165) is 5.56 Å². The minimum Gasteiger partial charge on any atom is -0.352 e. The maximum atomic E-state index is 12.9. The molecule has 0 heterocycles. The van der Waals surface area contributed by atoms with Gasteiger partial charge in [-0.3, -0.25) is 4.79 Å². The molecule has 0 aliphatic carbocycles. The van der Waals surface area contributed by atoms with Crippen molar-refractivity contribution >= 4 is 17.5 Å². The summed E-state index contributed by atoms with van der Waals surface area (Å²) in [6, 6.07) is 4.17. The Morgan fingerprint density at radius 1 is 1.53 bits per heavy atom. The molecule has 0 bridgehead atoms. The molecule has 0 spiro atoms. The van der Waals surface area contributed by atoms with Gasteiger partial charge < -0.3 is 5.32 Å². The number of amides is 1. The molecule has 1 amide bonds. The number of alkyl halides is 1. The number of hydrogen-bond acceptors (Lipinski definition) is 1. The molecule has 1 aromatic carbocycles. The molecule has 0 aliphatic rings. The Balaban J connectivity index is 2.68. The van der Waals surface area contributed by atoms with Gasteiger partial charge in [0.2, 0.25) is 0 Å². The van der Waals surface area contributed by atoms with Crippen LogP contribution >= 0.6 is 11.6 Å². The lowest BCUT2D eigenvalue weighted by Crippen LogP contribution is -2.25. The lowest BCUT2D eigenvalue weighted by atomic mass is 10.1. The van der Waals surface area contributed by atoms with E-state index in [2.05, 4.69) is 5.32 Å². The highest BCUT2D eigenvalue weighted by molar-refractivity contribution is 6.17. The molecule has 4 heteroatoms. The average molecular weight is 230 g/mol. The summed E-state index contributed by atoms with van der Waals surface area (Å²) in [5.41, 5.74) is 1.14. The van der Waals surface area contributed by atoms with E-state index in [-0.39, 0.29) is 5.91 Å². The third-order valence-corrected chi connectivity index (χ3v) is 2.31. The van der Waals surface area contributed by atoms with Crippen LogP contribution in [0.2, 0.25) is 0 Å². The van der Waals surface area contributed by atoms with Crippen LogP contribution < -0.4 is 5.32 Å². The normalized spacial score (nSPS) is 10.1. The second kappa shape index (κ2) is 5.71. The van der Waals surface area contributed by atoms with Crippen LogP contribution in [0.1, 0.15) is 22.3 Å². The van der Waals surface area contributed by atoms with Crippen LogP contribution in [0.25, 0.3) is 0 Å². The predicted molar refractivity (Wildman–Crippen MR) is 58.8 cm³/mol. The van der Waals surface area contributed by atoms with Gasteiger partial charge in [-0.1, -0.05) is 6.07 Å². The molecule has 0 radical (unpaired) electrons. The predicted octanol–water partition coefficient (Wildman–Crippen LogP) is 2.49. The van der Waals surface area contributed by atoms with Gasteiger partial charge in [0.1, 0.15) is 5.82 Å². The Morgan fingerprint density at radius 3 is 2.93 bits per heavy atom. The summed E-state index contributed by atoms with van der Waals surface area (Å²) in [4.78, 5) is 11.6. The van der Waals surface area contributed by atoms with E-state index in [9.17, 15) is 9.18 Å². The topological polar surface area (TPSA) is 29.1 Å². The van der Waals surface area contributed by atoms with E-state index in [1.165, 1.54) is 12.1 Å². The molecular formula is C11H13ClFNO. The monoisotopic (exact) mass is 229 g/mol. The lowest BCUT2D eigenvalue weighted by Gasteiger charge is -2.06. The van der Waals surface area contributed by atoms with E-state index in [0.29, 0.717) is 24.4 Å². The van der Waals surface area contributed by atoms with Crippen molar-refractivity contribution in [1.29, 1.82) is 0 Å². The van der Waals surface area contributed by atoms with Crippen LogP contribution in [0.15, 0.2) is 18.2 Å². The molecule has 0 aromatic heterocycles. The fourth-order valence-electron chi connectivity index (χ4n) is 1.20. The smallest absolute Gasteiger partial charge is 0.251 e. The van der Waals surface area contributed by atoms with E-state index in [4.69, 9.17) is 11.6 Å². The third-order valence-electron chi connectivity index (χ3n) is 2.04. The van der Waals surface area contributed by atoms with Crippen molar-refractivity contribution in [3.05, 3.63) is 35.1 Å². The first-order valence-electron chi connectivity index (χ1n) is 4.75. The molecule has 1 aromatic rings. The van der Waals surface area contributed by atoms with Gasteiger partial charge in [0.25, 0.3) is 5.91 Å². The number of carbonyl (C=O) groups is 1. The molecule has 0 unspecified atom stereocenters. The van der Waals surface area contributed by atoms with E-state index in [1.54, 1.807) is 13.0 Å². The molecule has 82 valence electrons. The number of rotatable bonds is 4. The van der Waals surface area contributed by atoms with E-state index < -0.39 is 5.82 Å². The molecule has 2 nitrogen and oxygen atoms in total. The minimum atomic E-state index is -0.400. The van der Waals surface area contributed by atoms with Crippen molar-refractivity contribution in [1.82, 2.24) is 5.32 Å². The van der Waals surface area contributed by atoms with Gasteiger partial charge in [0.15, 0.2) is 0 Å². The highest BCUT2D eigenvalue weighted by atomic mass is 35.5. The summed E-state index contributed by atoms with van der Waals surface area (Å²) in [6.07, 6.45) is 0.710. The second-order valence-corrected chi connectivity index (χ2v) is 3.64. The lowest BCUT2D eigenvalue weighted by molar-refractivity contribution is 0.0952. The fourth-order valence-corrected chi connectivity index (χ4v) is 1.34. The first-order chi connectivity index (χ1) is 7.15. The molecule has 1 rings (SSSR count). The molecule has 0 atom stereocenters. The van der Waals surface area contributed by atoms with Crippen molar-refractivity contribution in [2.75, 3.05) is 12.4 Å². The minimum absolute atomic E-state index is 0.253. The Bertz CT molecular complexity index is 354. The Kier molecular flexibility index (Phi) is 4.56. The van der Waals surface area contributed by atoms with Gasteiger partial charge >= 0.3 is 0 Å². The summed E-state index contributed by atoms with van der Waals surface area (Å²) in [7, 11) is 0. The number of hydrogen-bond donors (Lipinski definition) is 1. The van der Waals surface area contributed by atoms with E-state index >= 15 is 0 Å². The summed E-state index contributed by atoms with van der Waals surface area (Å²) in [5.74, 6) is -0.150. The molecular weight excluding hydrogens is 217 g/mol. The van der Waals surface area contributed by atoms with Gasteiger partial charge in [0.05, 0.1) is 0 Å². The first kappa shape index (κ1) is 12.0. The summed E-state index contributed by atoms with van der Waals surface area (Å²) >= 11 is 5.48. The zero-order valence-corrected chi connectivity index (χ0v) is 9.27. The van der Waals surface area contributed by atoms with Gasteiger partial charge in [-0.15, -0.1) is 11.6 Å². The Hall–Kier alpha value is -1.09. The molecule has 0 saturated carbocycles. The standard InChI is InChI=1S/C11H13ClFNO/c1-8-3-4-9(13)7-10(8)11(15)14-6-2-5-12/h3-4,7H,2,5-6H2,1H3,(H,14,15). The fraction of sp³-hybridized carbons (Fsp3) is 0.364. The highest BCUT2D eigenvalue weighted by Gasteiger charge is 2.08. The van der Waals surface area contributed by atoms with Crippen molar-refractivity contribution in [2.24, 2.45) is 0 Å². The van der Waals surface area contributed by atoms with E-state index in [1.807, 2.05) is 0 Å². The number of nitrogens with one attached hydrogen (secondary N) is 1. The largest absolute Gasteiger partial charge is 0.352 e. The molecule has 0 aliphatic heterocycles. The second-order valence-electron chi connectivity index (χ2n) is 3.26. The van der Waals surface area contributed by atoms with Crippen LogP contribution in [-0.2, 0) is 0 Å². The van der Waals surface area contributed by atoms with Crippen LogP contribution in [0.5, 0.6) is 0 Å². The summed E-state index contributed by atoms with van der Waals surface area (Å²) < 4.78 is 12.9. The van der Waals surface area contributed by atoms with Gasteiger partial charge in [-0.05, 0) is 31.0 Å². The Morgan fingerprint density at radius 2 is 2.27 bits per heavy atom. The molecule has 0 fully saturated rings. The average Bonchev–Trinajstić information content (AvgIpc) is 2.22. The van der Waals surface area contributed by atoms with Crippen LogP contribution in [0.4, 0.5) is 4.39 Å². The highest BCUT2D eigenvalue weighted by Crippen LogP contribution is 2.09. The maximum absolute atomic E-state index is 12.9. The van der Waals surface area contributed by atoms with Gasteiger partial charge in [-0.25, -0.2) is 4.39 Å². The van der Waals surface area contributed by atoms with Crippen LogP contribution in [0.3, 0.4) is 0 Å². The molecule has 0 saturated heterocycles. The third kappa shape index (κ3) is 3.51. The van der Waals surface area contributed by atoms with Crippen molar-refractivity contribution < 1.29 is 9.18 Å². The zero-order chi connectivity index (χ0) is 11.3. The Labute approximate surface area is 93.4 Å². The number of carbonyl (C=O) groups excluding carboxylic acids is 1. The SMILES string of the molecule is Cc1ccc(F)cc1C(=O)NCCCCl. The first-order valence-corrected chi connectivity index (χ1v) is 5.29. The number of halogens is 2. The van der Waals surface area contributed by atoms with Gasteiger partial charge in [-0.2, -0.15) is 0 Å². The van der Waals surface area contributed by atoms with Crippen molar-refractivity contribution in [3.8, 4) is 0 Å². The zero-order valence-electron chi connectivity index (χ0n) is 8.52. The quantitative estimate of drug-likeness (QED) is 0.624. The van der Waals surface area contributed by atoms with Crippen LogP contribution in [-0.4, -0.2) is 18.3 Å².